The van der Waals surface area contributed by atoms with E-state index in [1.54, 1.807) is 7.11 Å². The van der Waals surface area contributed by atoms with Gasteiger partial charge < -0.3 is 25.6 Å². The normalized spacial score (nSPS) is 20.0. The van der Waals surface area contributed by atoms with Crippen LogP contribution in [0.25, 0.3) is 0 Å². The van der Waals surface area contributed by atoms with Gasteiger partial charge in [-0.2, -0.15) is 4.98 Å². The van der Waals surface area contributed by atoms with E-state index in [1.807, 2.05) is 0 Å². The third-order valence-electron chi connectivity index (χ3n) is 7.16. The maximum atomic E-state index is 11.9. The summed E-state index contributed by atoms with van der Waals surface area (Å²) in [4.78, 5) is 22.5. The van der Waals surface area contributed by atoms with Crippen molar-refractivity contribution in [3.8, 4) is 5.75 Å². The van der Waals surface area contributed by atoms with Crippen molar-refractivity contribution in [3.05, 3.63) is 34.5 Å². The number of amides is 1. The minimum atomic E-state index is -3.34. The maximum absolute atomic E-state index is 11.9. The Hall–Kier alpha value is -2.67. The van der Waals surface area contributed by atoms with Gasteiger partial charge >= 0.3 is 0 Å². The number of rotatable bonds is 10. The Morgan fingerprint density at radius 3 is 2.51 bits per heavy atom. The predicted molar refractivity (Wildman–Crippen MR) is 153 cm³/mol. The van der Waals surface area contributed by atoms with Crippen molar-refractivity contribution >= 4 is 45.0 Å². The summed E-state index contributed by atoms with van der Waals surface area (Å²) in [6.07, 6.45) is 7.97. The molecular formula is C26H38ClN7O4S. The lowest BCUT2D eigenvalue weighted by Gasteiger charge is -2.32. The molecule has 1 saturated carbocycles. The molecule has 2 heterocycles. The number of halogens is 1. The zero-order valence-corrected chi connectivity index (χ0v) is 24.3. The van der Waals surface area contributed by atoms with Crippen LogP contribution in [0.3, 0.4) is 0 Å². The molecular weight excluding hydrogens is 542 g/mol. The Morgan fingerprint density at radius 2 is 1.85 bits per heavy atom. The highest BCUT2D eigenvalue weighted by molar-refractivity contribution is 7.88. The number of anilines is 3. The highest BCUT2D eigenvalue weighted by atomic mass is 35.5. The molecule has 4 rings (SSSR count). The molecule has 1 aliphatic heterocycles. The average Bonchev–Trinajstić information content (AvgIpc) is 3.07. The summed E-state index contributed by atoms with van der Waals surface area (Å²) >= 11 is 6.43. The number of fused-ring (bicyclic) bond motifs is 1. The number of carbonyl (C=O) groups excluding carboxylic acids is 1. The molecule has 4 N–H and O–H groups in total. The van der Waals surface area contributed by atoms with Crippen molar-refractivity contribution in [3.63, 3.8) is 0 Å². The summed E-state index contributed by atoms with van der Waals surface area (Å²) in [5.41, 5.74) is 3.22. The molecule has 1 amide bonds. The van der Waals surface area contributed by atoms with E-state index in [4.69, 9.17) is 16.3 Å². The monoisotopic (exact) mass is 579 g/mol. The van der Waals surface area contributed by atoms with Crippen LogP contribution in [0.2, 0.25) is 5.02 Å². The van der Waals surface area contributed by atoms with Gasteiger partial charge in [-0.25, -0.2) is 18.1 Å². The zero-order valence-electron chi connectivity index (χ0n) is 22.7. The van der Waals surface area contributed by atoms with Gasteiger partial charge in [0.2, 0.25) is 21.9 Å². The van der Waals surface area contributed by atoms with Crippen LogP contribution in [-0.2, 0) is 27.7 Å². The summed E-state index contributed by atoms with van der Waals surface area (Å²) in [6.45, 7) is 4.79. The van der Waals surface area contributed by atoms with Gasteiger partial charge in [-0.15, -0.1) is 0 Å². The van der Waals surface area contributed by atoms with Crippen molar-refractivity contribution in [1.82, 2.24) is 24.9 Å². The van der Waals surface area contributed by atoms with Crippen LogP contribution in [0.1, 0.15) is 43.7 Å². The zero-order chi connectivity index (χ0) is 28.0. The lowest BCUT2D eigenvalue weighted by atomic mass is 9.91. The lowest BCUT2D eigenvalue weighted by molar-refractivity contribution is -0.119. The summed E-state index contributed by atoms with van der Waals surface area (Å²) in [7, 11) is -1.70. The van der Waals surface area contributed by atoms with Gasteiger partial charge in [-0.05, 0) is 48.9 Å². The number of hydrogen-bond donors (Lipinski definition) is 4. The van der Waals surface area contributed by atoms with Gasteiger partial charge in [-0.3, -0.25) is 4.79 Å². The number of sulfonamides is 1. The second-order valence-electron chi connectivity index (χ2n) is 10.2. The number of carbonyl (C=O) groups is 1. The largest absolute Gasteiger partial charge is 0.495 e. The van der Waals surface area contributed by atoms with Crippen LogP contribution in [-0.4, -0.2) is 80.8 Å². The van der Waals surface area contributed by atoms with Gasteiger partial charge in [0.05, 0.1) is 25.2 Å². The molecule has 1 aromatic heterocycles. The summed E-state index contributed by atoms with van der Waals surface area (Å²) in [5.74, 6) is 1.48. The second kappa shape index (κ2) is 13.1. The van der Waals surface area contributed by atoms with Gasteiger partial charge in [0.25, 0.3) is 0 Å². The Balaban J connectivity index is 1.48. The van der Waals surface area contributed by atoms with Crippen LogP contribution in [0.5, 0.6) is 5.75 Å². The third-order valence-corrected chi connectivity index (χ3v) is 8.17. The molecule has 0 spiro atoms. The van der Waals surface area contributed by atoms with Crippen molar-refractivity contribution in [1.29, 1.82) is 0 Å². The van der Waals surface area contributed by atoms with Crippen LogP contribution in [0.4, 0.5) is 17.5 Å². The summed E-state index contributed by atoms with van der Waals surface area (Å²) in [6, 6.07) is 3.78. The number of nitrogens with zero attached hydrogens (tertiary/aromatic N) is 3. The summed E-state index contributed by atoms with van der Waals surface area (Å²) < 4.78 is 32.2. The first-order chi connectivity index (χ1) is 18.6. The molecule has 2 atom stereocenters. The molecule has 11 nitrogen and oxygen atoms in total. The topological polar surface area (TPSA) is 138 Å². The summed E-state index contributed by atoms with van der Waals surface area (Å²) in [5, 5.41) is 9.86. The fraction of sp³-hybridized carbons (Fsp3) is 0.577. The van der Waals surface area contributed by atoms with Crippen LogP contribution in [0, 0.1) is 0 Å². The average molecular weight is 580 g/mol. The van der Waals surface area contributed by atoms with Crippen LogP contribution >= 0.6 is 11.6 Å². The molecule has 0 radical (unpaired) electrons. The first kappa shape index (κ1) is 29.3. The SMILES string of the molecule is COc1cc2c(cc1Nc1ncc(Cl)c(N[C@@H]3CCCC[C@H]3NS(C)(=O)=O)n1)CCN(CCNC(C)=O)CC2. The third kappa shape index (κ3) is 8.41. The smallest absolute Gasteiger partial charge is 0.229 e. The van der Waals surface area contributed by atoms with Crippen LogP contribution in [0.15, 0.2) is 18.3 Å². The number of aromatic nitrogens is 2. The number of methoxy groups -OCH3 is 1. The molecule has 0 saturated heterocycles. The first-order valence-electron chi connectivity index (χ1n) is 13.3. The molecule has 1 fully saturated rings. The van der Waals surface area contributed by atoms with E-state index in [-0.39, 0.29) is 18.0 Å². The molecule has 1 aromatic carbocycles. The number of hydrogen-bond acceptors (Lipinski definition) is 9. The second-order valence-corrected chi connectivity index (χ2v) is 12.4. The Kier molecular flexibility index (Phi) is 9.86. The van der Waals surface area contributed by atoms with Gasteiger partial charge in [0, 0.05) is 45.2 Å². The van der Waals surface area contributed by atoms with Gasteiger partial charge in [0.15, 0.2) is 5.82 Å². The number of nitrogens with one attached hydrogen (secondary N) is 4. The van der Waals surface area contributed by atoms with E-state index in [9.17, 15) is 13.2 Å². The highest BCUT2D eigenvalue weighted by Gasteiger charge is 2.28. The van der Waals surface area contributed by atoms with Crippen LogP contribution < -0.4 is 25.4 Å². The van der Waals surface area contributed by atoms with Crippen molar-refractivity contribution in [2.75, 3.05) is 50.2 Å². The first-order valence-corrected chi connectivity index (χ1v) is 15.6. The van der Waals surface area contributed by atoms with E-state index >= 15 is 0 Å². The van der Waals surface area contributed by atoms with E-state index in [0.29, 0.717) is 29.1 Å². The lowest BCUT2D eigenvalue weighted by Crippen LogP contribution is -2.48. The van der Waals surface area contributed by atoms with Gasteiger partial charge in [0.1, 0.15) is 10.8 Å². The predicted octanol–water partition coefficient (Wildman–Crippen LogP) is 2.69. The van der Waals surface area contributed by atoms with Crippen molar-refractivity contribution in [2.45, 2.75) is 57.5 Å². The minimum Gasteiger partial charge on any atom is -0.495 e. The van der Waals surface area contributed by atoms with Crippen molar-refractivity contribution in [2.24, 2.45) is 0 Å². The molecule has 39 heavy (non-hydrogen) atoms. The van der Waals surface area contributed by atoms with Gasteiger partial charge in [-0.1, -0.05) is 24.4 Å². The standard InChI is InChI=1S/C26H38ClN7O4S/c1-17(35)28-10-13-34-11-8-18-14-23(24(38-2)15-19(18)9-12-34)31-26-29-16-20(27)25(32-26)30-21-6-4-5-7-22(21)33-39(3,36)37/h14-16,21-22,33H,4-13H2,1-3H3,(H,28,35)(H2,29,30,31,32)/t21-,22-/m1/s1. The number of benzene rings is 1. The quantitative estimate of drug-likeness (QED) is 0.335. The van der Waals surface area contributed by atoms with Crippen molar-refractivity contribution < 1.29 is 17.9 Å². The molecule has 2 aliphatic rings. The fourth-order valence-corrected chi connectivity index (χ4v) is 6.20. The van der Waals surface area contributed by atoms with E-state index in [0.717, 1.165) is 63.8 Å². The Labute approximate surface area is 235 Å². The molecule has 214 valence electrons. The van der Waals surface area contributed by atoms with E-state index < -0.39 is 10.0 Å². The molecule has 0 bridgehead atoms. The molecule has 13 heteroatoms. The minimum absolute atomic E-state index is 0.0135. The van der Waals surface area contributed by atoms with E-state index in [2.05, 4.69) is 47.7 Å². The molecule has 2 aromatic rings. The highest BCUT2D eigenvalue weighted by Crippen LogP contribution is 2.33. The molecule has 0 unspecified atom stereocenters. The Morgan fingerprint density at radius 1 is 1.15 bits per heavy atom. The number of ether oxygens (including phenoxy) is 1. The molecule has 1 aliphatic carbocycles. The Bertz CT molecular complexity index is 1280. The van der Waals surface area contributed by atoms with E-state index in [1.165, 1.54) is 30.5 Å². The maximum Gasteiger partial charge on any atom is 0.229 e. The fourth-order valence-electron chi connectivity index (χ4n) is 5.23.